The average molecular weight is 233 g/mol. The summed E-state index contributed by atoms with van der Waals surface area (Å²) in [4.78, 5) is 16.1. The molecular formula is C11H11N3OS. The molecule has 82 valence electrons. The predicted octanol–water partition coefficient (Wildman–Crippen LogP) is 2.29. The lowest BCUT2D eigenvalue weighted by atomic mass is 10.2. The van der Waals surface area contributed by atoms with E-state index in [-0.39, 0.29) is 5.91 Å². The quantitative estimate of drug-likeness (QED) is 0.836. The summed E-state index contributed by atoms with van der Waals surface area (Å²) < 4.78 is 0. The van der Waals surface area contributed by atoms with E-state index < -0.39 is 0 Å². The van der Waals surface area contributed by atoms with Gasteiger partial charge in [-0.3, -0.25) is 4.79 Å². The first-order valence-corrected chi connectivity index (χ1v) is 5.57. The Morgan fingerprint density at radius 2 is 2.19 bits per heavy atom. The summed E-state index contributed by atoms with van der Waals surface area (Å²) in [7, 11) is 0. The largest absolute Gasteiger partial charge is 0.375 e. The van der Waals surface area contributed by atoms with Crippen LogP contribution in [0.15, 0.2) is 30.5 Å². The van der Waals surface area contributed by atoms with Gasteiger partial charge in [-0.1, -0.05) is 29.5 Å². The van der Waals surface area contributed by atoms with E-state index >= 15 is 0 Å². The number of nitrogens with one attached hydrogen (secondary N) is 1. The molecule has 0 aliphatic heterocycles. The number of hydrogen-bond donors (Lipinski definition) is 2. The third-order valence-electron chi connectivity index (χ3n) is 2.14. The van der Waals surface area contributed by atoms with Crippen LogP contribution in [-0.4, -0.2) is 10.9 Å². The minimum absolute atomic E-state index is 0.177. The molecule has 1 amide bonds. The highest BCUT2D eigenvalue weighted by Crippen LogP contribution is 2.18. The zero-order valence-corrected chi connectivity index (χ0v) is 9.54. The van der Waals surface area contributed by atoms with Crippen molar-refractivity contribution in [1.29, 1.82) is 0 Å². The minimum atomic E-state index is -0.177. The molecule has 0 radical (unpaired) electrons. The van der Waals surface area contributed by atoms with E-state index in [2.05, 4.69) is 10.3 Å². The molecule has 0 aliphatic carbocycles. The fourth-order valence-electron chi connectivity index (χ4n) is 1.29. The first kappa shape index (κ1) is 10.6. The van der Waals surface area contributed by atoms with Crippen molar-refractivity contribution in [2.24, 2.45) is 0 Å². The van der Waals surface area contributed by atoms with Gasteiger partial charge >= 0.3 is 0 Å². The van der Waals surface area contributed by atoms with E-state index in [0.29, 0.717) is 10.0 Å². The first-order valence-electron chi connectivity index (χ1n) is 4.75. The lowest BCUT2D eigenvalue weighted by Gasteiger charge is -2.05. The Morgan fingerprint density at radius 1 is 1.44 bits per heavy atom. The number of nitrogens with two attached hydrogens (primary N) is 1. The van der Waals surface area contributed by atoms with Gasteiger partial charge in [0.15, 0.2) is 5.13 Å². The van der Waals surface area contributed by atoms with E-state index in [1.807, 2.05) is 31.2 Å². The van der Waals surface area contributed by atoms with Crippen LogP contribution in [0, 0.1) is 6.92 Å². The number of hydrogen-bond acceptors (Lipinski definition) is 4. The number of carbonyl (C=O) groups is 1. The standard InChI is InChI=1S/C11H11N3OS/c1-7-4-2-3-5-8(7)14-10(15)9-6-13-11(12)16-9/h2-6H,1H3,(H2,12,13)(H,14,15). The van der Waals surface area contributed by atoms with Crippen LogP contribution in [0.3, 0.4) is 0 Å². The number of amides is 1. The molecule has 0 saturated heterocycles. The van der Waals surface area contributed by atoms with Crippen molar-refractivity contribution in [3.63, 3.8) is 0 Å². The van der Waals surface area contributed by atoms with Crippen LogP contribution in [0.5, 0.6) is 0 Å². The fourth-order valence-corrected chi connectivity index (χ4v) is 1.87. The Kier molecular flexibility index (Phi) is 2.87. The second-order valence-electron chi connectivity index (χ2n) is 3.33. The van der Waals surface area contributed by atoms with Gasteiger partial charge in [-0.2, -0.15) is 0 Å². The second-order valence-corrected chi connectivity index (χ2v) is 4.39. The highest BCUT2D eigenvalue weighted by atomic mass is 32.1. The molecule has 0 spiro atoms. The number of benzene rings is 1. The first-order chi connectivity index (χ1) is 7.66. The van der Waals surface area contributed by atoms with E-state index in [1.165, 1.54) is 17.5 Å². The maximum absolute atomic E-state index is 11.8. The van der Waals surface area contributed by atoms with Crippen molar-refractivity contribution in [3.05, 3.63) is 40.9 Å². The minimum Gasteiger partial charge on any atom is -0.375 e. The summed E-state index contributed by atoms with van der Waals surface area (Å²) >= 11 is 1.18. The van der Waals surface area contributed by atoms with Gasteiger partial charge in [-0.25, -0.2) is 4.98 Å². The van der Waals surface area contributed by atoms with Crippen LogP contribution in [0.2, 0.25) is 0 Å². The second kappa shape index (κ2) is 4.32. The lowest BCUT2D eigenvalue weighted by molar-refractivity contribution is 0.103. The van der Waals surface area contributed by atoms with Crippen molar-refractivity contribution in [2.45, 2.75) is 6.92 Å². The number of thiazole rings is 1. The molecule has 3 N–H and O–H groups in total. The van der Waals surface area contributed by atoms with Crippen molar-refractivity contribution < 1.29 is 4.79 Å². The monoisotopic (exact) mass is 233 g/mol. The van der Waals surface area contributed by atoms with Gasteiger partial charge < -0.3 is 11.1 Å². The third-order valence-corrected chi connectivity index (χ3v) is 2.97. The molecule has 1 heterocycles. The summed E-state index contributed by atoms with van der Waals surface area (Å²) in [6, 6.07) is 7.60. The topological polar surface area (TPSA) is 68.0 Å². The van der Waals surface area contributed by atoms with Crippen molar-refractivity contribution >= 4 is 28.1 Å². The number of para-hydroxylation sites is 1. The third kappa shape index (κ3) is 2.20. The van der Waals surface area contributed by atoms with Crippen LogP contribution >= 0.6 is 11.3 Å². The molecule has 1 aromatic carbocycles. The van der Waals surface area contributed by atoms with Gasteiger partial charge in [0.2, 0.25) is 0 Å². The summed E-state index contributed by atoms with van der Waals surface area (Å²) in [6.07, 6.45) is 1.48. The Hall–Kier alpha value is -1.88. The van der Waals surface area contributed by atoms with Gasteiger partial charge in [-0.05, 0) is 18.6 Å². The van der Waals surface area contributed by atoms with Crippen LogP contribution in [-0.2, 0) is 0 Å². The van der Waals surface area contributed by atoms with Gasteiger partial charge in [0.25, 0.3) is 5.91 Å². The lowest BCUT2D eigenvalue weighted by Crippen LogP contribution is -2.10. The molecule has 0 unspecified atom stereocenters. The molecule has 1 aromatic heterocycles. The maximum atomic E-state index is 11.8. The Balaban J connectivity index is 2.17. The molecule has 0 fully saturated rings. The summed E-state index contributed by atoms with van der Waals surface area (Å²) in [6.45, 7) is 1.94. The van der Waals surface area contributed by atoms with E-state index in [0.717, 1.165) is 11.3 Å². The average Bonchev–Trinajstić information content (AvgIpc) is 2.68. The van der Waals surface area contributed by atoms with Crippen LogP contribution in [0.4, 0.5) is 10.8 Å². The number of anilines is 2. The molecule has 2 rings (SSSR count). The highest BCUT2D eigenvalue weighted by molar-refractivity contribution is 7.17. The maximum Gasteiger partial charge on any atom is 0.267 e. The summed E-state index contributed by atoms with van der Waals surface area (Å²) in [5.74, 6) is -0.177. The normalized spacial score (nSPS) is 10.1. The summed E-state index contributed by atoms with van der Waals surface area (Å²) in [5.41, 5.74) is 7.29. The van der Waals surface area contributed by atoms with Crippen LogP contribution in [0.1, 0.15) is 15.2 Å². The molecule has 4 nitrogen and oxygen atoms in total. The molecule has 0 bridgehead atoms. The number of rotatable bonds is 2. The smallest absolute Gasteiger partial charge is 0.267 e. The molecule has 16 heavy (non-hydrogen) atoms. The van der Waals surface area contributed by atoms with Crippen molar-refractivity contribution in [1.82, 2.24) is 4.98 Å². The van der Waals surface area contributed by atoms with Crippen LogP contribution in [0.25, 0.3) is 0 Å². The fraction of sp³-hybridized carbons (Fsp3) is 0.0909. The number of nitrogen functional groups attached to an aromatic ring is 1. The molecule has 0 aliphatic rings. The SMILES string of the molecule is Cc1ccccc1NC(=O)c1cnc(N)s1. The number of nitrogens with zero attached hydrogens (tertiary/aromatic N) is 1. The van der Waals surface area contributed by atoms with Crippen molar-refractivity contribution in [3.8, 4) is 0 Å². The zero-order chi connectivity index (χ0) is 11.5. The zero-order valence-electron chi connectivity index (χ0n) is 8.73. The number of aromatic nitrogens is 1. The molecule has 0 saturated carbocycles. The number of aryl methyl sites for hydroxylation is 1. The predicted molar refractivity (Wildman–Crippen MR) is 65.7 cm³/mol. The van der Waals surface area contributed by atoms with E-state index in [4.69, 9.17) is 5.73 Å². The Bertz CT molecular complexity index is 521. The van der Waals surface area contributed by atoms with Crippen LogP contribution < -0.4 is 11.1 Å². The summed E-state index contributed by atoms with van der Waals surface area (Å²) in [5, 5.41) is 3.21. The highest BCUT2D eigenvalue weighted by Gasteiger charge is 2.10. The molecule has 5 heteroatoms. The van der Waals surface area contributed by atoms with E-state index in [9.17, 15) is 4.79 Å². The Morgan fingerprint density at radius 3 is 2.81 bits per heavy atom. The van der Waals surface area contributed by atoms with Gasteiger partial charge in [0, 0.05) is 5.69 Å². The van der Waals surface area contributed by atoms with Gasteiger partial charge in [-0.15, -0.1) is 0 Å². The molecule has 0 atom stereocenters. The van der Waals surface area contributed by atoms with E-state index in [1.54, 1.807) is 0 Å². The number of carbonyl (C=O) groups excluding carboxylic acids is 1. The molecular weight excluding hydrogens is 222 g/mol. The van der Waals surface area contributed by atoms with Crippen molar-refractivity contribution in [2.75, 3.05) is 11.1 Å². The van der Waals surface area contributed by atoms with Gasteiger partial charge in [0.1, 0.15) is 4.88 Å². The molecule has 2 aromatic rings. The Labute approximate surface area is 97.1 Å². The van der Waals surface area contributed by atoms with Gasteiger partial charge in [0.05, 0.1) is 6.20 Å².